The lowest BCUT2D eigenvalue weighted by molar-refractivity contribution is -0.0874. The highest BCUT2D eigenvalue weighted by Crippen LogP contribution is 2.26. The minimum absolute atomic E-state index is 0.131. The standard InChI is InChI=1S/C19H14ClN3O3/c20-13-10-12-4-3-7-22-17(12)16(11-13)21-8-9-26-23-18(24)14-5-1-2-6-15(14)19(23)25/h1-7,10-11,21H,8-9H2. The lowest BCUT2D eigenvalue weighted by Gasteiger charge is -2.14. The Hall–Kier alpha value is -2.96. The molecule has 130 valence electrons. The number of halogens is 1. The summed E-state index contributed by atoms with van der Waals surface area (Å²) in [6.07, 6.45) is 1.71. The van der Waals surface area contributed by atoms with E-state index in [0.717, 1.165) is 21.7 Å². The molecule has 0 radical (unpaired) electrons. The van der Waals surface area contributed by atoms with Crippen molar-refractivity contribution in [2.75, 3.05) is 18.5 Å². The first-order valence-corrected chi connectivity index (χ1v) is 8.42. The Kier molecular flexibility index (Phi) is 4.28. The summed E-state index contributed by atoms with van der Waals surface area (Å²) in [5.41, 5.74) is 2.27. The van der Waals surface area contributed by atoms with Gasteiger partial charge in [-0.25, -0.2) is 0 Å². The average molecular weight is 368 g/mol. The Labute approximate surface area is 154 Å². The van der Waals surface area contributed by atoms with Crippen LogP contribution >= 0.6 is 11.6 Å². The summed E-state index contributed by atoms with van der Waals surface area (Å²) in [5.74, 6) is -0.888. The monoisotopic (exact) mass is 367 g/mol. The number of amides is 2. The van der Waals surface area contributed by atoms with E-state index in [1.807, 2.05) is 18.2 Å². The van der Waals surface area contributed by atoms with Gasteiger partial charge in [-0.05, 0) is 30.3 Å². The van der Waals surface area contributed by atoms with Gasteiger partial charge < -0.3 is 5.32 Å². The van der Waals surface area contributed by atoms with E-state index in [-0.39, 0.29) is 6.61 Å². The van der Waals surface area contributed by atoms with Gasteiger partial charge in [0.05, 0.1) is 28.9 Å². The van der Waals surface area contributed by atoms with Crippen molar-refractivity contribution in [3.63, 3.8) is 0 Å². The van der Waals surface area contributed by atoms with Crippen molar-refractivity contribution in [2.45, 2.75) is 0 Å². The lowest BCUT2D eigenvalue weighted by atomic mass is 10.1. The maximum absolute atomic E-state index is 12.2. The molecule has 0 spiro atoms. The molecule has 0 fully saturated rings. The van der Waals surface area contributed by atoms with Crippen LogP contribution in [0.25, 0.3) is 10.9 Å². The van der Waals surface area contributed by atoms with Gasteiger partial charge in [0.2, 0.25) is 0 Å². The van der Waals surface area contributed by atoms with Gasteiger partial charge in [0, 0.05) is 23.2 Å². The molecule has 0 saturated carbocycles. The van der Waals surface area contributed by atoms with Crippen LogP contribution in [0.5, 0.6) is 0 Å². The van der Waals surface area contributed by atoms with Gasteiger partial charge in [0.15, 0.2) is 0 Å². The molecular weight excluding hydrogens is 354 g/mol. The molecule has 26 heavy (non-hydrogen) atoms. The van der Waals surface area contributed by atoms with E-state index in [2.05, 4.69) is 10.3 Å². The average Bonchev–Trinajstić information content (AvgIpc) is 2.90. The summed E-state index contributed by atoms with van der Waals surface area (Å²) in [5, 5.41) is 5.50. The van der Waals surface area contributed by atoms with Gasteiger partial charge in [-0.1, -0.05) is 29.8 Å². The van der Waals surface area contributed by atoms with Gasteiger partial charge in [-0.15, -0.1) is 5.06 Å². The predicted octanol–water partition coefficient (Wildman–Crippen LogP) is 3.53. The summed E-state index contributed by atoms with van der Waals surface area (Å²) in [6, 6.07) is 14.0. The fourth-order valence-electron chi connectivity index (χ4n) is 2.90. The number of carbonyl (C=O) groups excluding carboxylic acids is 2. The van der Waals surface area contributed by atoms with Crippen LogP contribution in [0, 0.1) is 0 Å². The third-order valence-electron chi connectivity index (χ3n) is 4.06. The fourth-order valence-corrected chi connectivity index (χ4v) is 3.12. The second-order valence-electron chi connectivity index (χ2n) is 5.74. The zero-order chi connectivity index (χ0) is 18.1. The quantitative estimate of drug-likeness (QED) is 0.551. The second kappa shape index (κ2) is 6.74. The Morgan fingerprint density at radius 2 is 1.77 bits per heavy atom. The van der Waals surface area contributed by atoms with Crippen molar-refractivity contribution in [3.8, 4) is 0 Å². The first-order valence-electron chi connectivity index (χ1n) is 8.04. The van der Waals surface area contributed by atoms with Crippen molar-refractivity contribution in [1.82, 2.24) is 10.0 Å². The van der Waals surface area contributed by atoms with Crippen LogP contribution in [0.4, 0.5) is 5.69 Å². The first-order chi connectivity index (χ1) is 12.6. The molecule has 2 amide bonds. The number of fused-ring (bicyclic) bond motifs is 2. The zero-order valence-corrected chi connectivity index (χ0v) is 14.4. The smallest absolute Gasteiger partial charge is 0.285 e. The number of benzene rings is 2. The number of nitrogens with one attached hydrogen (secondary N) is 1. The third kappa shape index (κ3) is 2.89. The molecule has 0 saturated heterocycles. The van der Waals surface area contributed by atoms with E-state index in [9.17, 15) is 9.59 Å². The summed E-state index contributed by atoms with van der Waals surface area (Å²) in [6.45, 7) is 0.506. The van der Waals surface area contributed by atoms with Crippen LogP contribution in [-0.4, -0.2) is 35.0 Å². The number of rotatable bonds is 5. The molecule has 6 nitrogen and oxygen atoms in total. The van der Waals surface area contributed by atoms with Crippen molar-refractivity contribution >= 4 is 40.0 Å². The Morgan fingerprint density at radius 1 is 1.04 bits per heavy atom. The van der Waals surface area contributed by atoms with Crippen LogP contribution in [0.3, 0.4) is 0 Å². The molecule has 0 aliphatic carbocycles. The molecule has 7 heteroatoms. The van der Waals surface area contributed by atoms with E-state index < -0.39 is 11.8 Å². The number of anilines is 1. The van der Waals surface area contributed by atoms with Gasteiger partial charge in [0.25, 0.3) is 11.8 Å². The highest BCUT2D eigenvalue weighted by molar-refractivity contribution is 6.31. The Balaban J connectivity index is 1.41. The minimum Gasteiger partial charge on any atom is -0.381 e. The summed E-state index contributed by atoms with van der Waals surface area (Å²) in [4.78, 5) is 34.2. The SMILES string of the molecule is O=C1c2ccccc2C(=O)N1OCCNc1cc(Cl)cc2cccnc12. The van der Waals surface area contributed by atoms with Gasteiger partial charge >= 0.3 is 0 Å². The molecule has 2 aromatic carbocycles. The number of hydroxylamine groups is 2. The molecular formula is C19H14ClN3O3. The van der Waals surface area contributed by atoms with E-state index in [1.54, 1.807) is 36.5 Å². The van der Waals surface area contributed by atoms with Gasteiger partial charge in [-0.3, -0.25) is 19.4 Å². The number of hydrogen-bond donors (Lipinski definition) is 1. The highest BCUT2D eigenvalue weighted by Gasteiger charge is 2.36. The number of pyridine rings is 1. The molecule has 1 aliphatic heterocycles. The number of aromatic nitrogens is 1. The molecule has 1 aliphatic rings. The summed E-state index contributed by atoms with van der Waals surface area (Å²) >= 11 is 6.13. The Bertz CT molecular complexity index is 987. The van der Waals surface area contributed by atoms with Crippen LogP contribution < -0.4 is 5.32 Å². The zero-order valence-electron chi connectivity index (χ0n) is 13.6. The molecule has 0 atom stereocenters. The minimum atomic E-state index is -0.444. The van der Waals surface area contributed by atoms with Crippen molar-refractivity contribution in [1.29, 1.82) is 0 Å². The molecule has 3 aromatic rings. The summed E-state index contributed by atoms with van der Waals surface area (Å²) in [7, 11) is 0. The molecule has 0 bridgehead atoms. The molecule has 2 heterocycles. The number of hydrogen-bond acceptors (Lipinski definition) is 5. The lowest BCUT2D eigenvalue weighted by Crippen LogP contribution is -2.31. The normalized spacial score (nSPS) is 13.3. The van der Waals surface area contributed by atoms with E-state index in [1.165, 1.54) is 0 Å². The van der Waals surface area contributed by atoms with E-state index in [4.69, 9.17) is 16.4 Å². The topological polar surface area (TPSA) is 71.5 Å². The maximum atomic E-state index is 12.2. The summed E-state index contributed by atoms with van der Waals surface area (Å²) < 4.78 is 0. The van der Waals surface area contributed by atoms with E-state index >= 15 is 0 Å². The van der Waals surface area contributed by atoms with Gasteiger partial charge in [-0.2, -0.15) is 0 Å². The van der Waals surface area contributed by atoms with Crippen LogP contribution in [-0.2, 0) is 4.84 Å². The van der Waals surface area contributed by atoms with Gasteiger partial charge in [0.1, 0.15) is 0 Å². The van der Waals surface area contributed by atoms with Crippen molar-refractivity contribution in [2.24, 2.45) is 0 Å². The third-order valence-corrected chi connectivity index (χ3v) is 4.28. The van der Waals surface area contributed by atoms with Crippen LogP contribution in [0.1, 0.15) is 20.7 Å². The Morgan fingerprint density at radius 3 is 2.50 bits per heavy atom. The largest absolute Gasteiger partial charge is 0.381 e. The van der Waals surface area contributed by atoms with E-state index in [0.29, 0.717) is 22.7 Å². The first kappa shape index (κ1) is 16.5. The number of carbonyl (C=O) groups is 2. The molecule has 1 N–H and O–H groups in total. The predicted molar refractivity (Wildman–Crippen MR) is 98.1 cm³/mol. The van der Waals surface area contributed by atoms with Crippen LogP contribution in [0.15, 0.2) is 54.7 Å². The van der Waals surface area contributed by atoms with Crippen molar-refractivity contribution < 1.29 is 14.4 Å². The van der Waals surface area contributed by atoms with Crippen LogP contribution in [0.2, 0.25) is 5.02 Å². The second-order valence-corrected chi connectivity index (χ2v) is 6.18. The number of imide groups is 1. The molecule has 0 unspecified atom stereocenters. The number of nitrogens with zero attached hydrogens (tertiary/aromatic N) is 2. The van der Waals surface area contributed by atoms with Crippen molar-refractivity contribution in [3.05, 3.63) is 70.9 Å². The molecule has 1 aromatic heterocycles. The highest BCUT2D eigenvalue weighted by atomic mass is 35.5. The fraction of sp³-hybridized carbons (Fsp3) is 0.105. The molecule has 4 rings (SSSR count). The maximum Gasteiger partial charge on any atom is 0.285 e.